The molecule has 0 spiro atoms. The van der Waals surface area contributed by atoms with E-state index in [1.165, 1.54) is 0 Å². The number of nitrogens with two attached hydrogens (primary N) is 1. The molecule has 0 aliphatic carbocycles. The molecule has 0 atom stereocenters. The van der Waals surface area contributed by atoms with Crippen LogP contribution in [0.4, 0.5) is 0 Å². The second-order valence-corrected chi connectivity index (χ2v) is 3.91. The zero-order valence-electron chi connectivity index (χ0n) is 9.68. The van der Waals surface area contributed by atoms with Gasteiger partial charge in [0.2, 0.25) is 0 Å². The molecule has 4 nitrogen and oxygen atoms in total. The number of hydrogen-bond donors (Lipinski definition) is 2. The number of carbonyl (C=O) groups is 1. The fourth-order valence-corrected chi connectivity index (χ4v) is 1.82. The lowest BCUT2D eigenvalue weighted by Gasteiger charge is -2.10. The van der Waals surface area contributed by atoms with Crippen LogP contribution < -0.4 is 11.3 Å². The molecule has 2 aromatic rings. The lowest BCUT2D eigenvalue weighted by molar-refractivity contribution is 0.0952. The lowest BCUT2D eigenvalue weighted by atomic mass is 10.1. The Morgan fingerprint density at radius 2 is 2.06 bits per heavy atom. The third-order valence-electron chi connectivity index (χ3n) is 2.79. The fourth-order valence-electron chi connectivity index (χ4n) is 1.82. The van der Waals surface area contributed by atoms with E-state index in [1.54, 1.807) is 6.07 Å². The van der Waals surface area contributed by atoms with Gasteiger partial charge in [-0.3, -0.25) is 10.2 Å². The SMILES string of the molecule is Cc1cccn1Cc1ccccc1C(=O)NN. The first-order chi connectivity index (χ1) is 8.22. The summed E-state index contributed by atoms with van der Waals surface area (Å²) >= 11 is 0. The Labute approximate surface area is 100 Å². The smallest absolute Gasteiger partial charge is 0.265 e. The van der Waals surface area contributed by atoms with Crippen LogP contribution >= 0.6 is 0 Å². The molecule has 1 amide bonds. The highest BCUT2D eigenvalue weighted by molar-refractivity contribution is 5.95. The zero-order chi connectivity index (χ0) is 12.3. The van der Waals surface area contributed by atoms with Gasteiger partial charge >= 0.3 is 0 Å². The van der Waals surface area contributed by atoms with Crippen LogP contribution in [0.2, 0.25) is 0 Å². The maximum Gasteiger partial charge on any atom is 0.265 e. The summed E-state index contributed by atoms with van der Waals surface area (Å²) in [6.45, 7) is 2.70. The Morgan fingerprint density at radius 3 is 2.71 bits per heavy atom. The third kappa shape index (κ3) is 2.37. The highest BCUT2D eigenvalue weighted by Crippen LogP contribution is 2.12. The first-order valence-electron chi connectivity index (χ1n) is 5.43. The third-order valence-corrected chi connectivity index (χ3v) is 2.79. The van der Waals surface area contributed by atoms with E-state index < -0.39 is 0 Å². The van der Waals surface area contributed by atoms with Gasteiger partial charge in [0, 0.05) is 24.0 Å². The van der Waals surface area contributed by atoms with Gasteiger partial charge in [0.25, 0.3) is 5.91 Å². The molecule has 1 aromatic heterocycles. The van der Waals surface area contributed by atoms with E-state index in [2.05, 4.69) is 9.99 Å². The van der Waals surface area contributed by atoms with Gasteiger partial charge in [0.15, 0.2) is 0 Å². The van der Waals surface area contributed by atoms with Crippen LogP contribution in [-0.4, -0.2) is 10.5 Å². The summed E-state index contributed by atoms with van der Waals surface area (Å²) in [6.07, 6.45) is 1.99. The van der Waals surface area contributed by atoms with E-state index in [1.807, 2.05) is 43.5 Å². The Kier molecular flexibility index (Phi) is 3.25. The molecule has 0 aliphatic rings. The molecule has 1 aromatic carbocycles. The van der Waals surface area contributed by atoms with Gasteiger partial charge in [-0.15, -0.1) is 0 Å². The van der Waals surface area contributed by atoms with Gasteiger partial charge in [-0.1, -0.05) is 18.2 Å². The van der Waals surface area contributed by atoms with Crippen LogP contribution in [0.3, 0.4) is 0 Å². The van der Waals surface area contributed by atoms with Crippen LogP contribution in [0.5, 0.6) is 0 Å². The second kappa shape index (κ2) is 4.84. The fraction of sp³-hybridized carbons (Fsp3) is 0.154. The quantitative estimate of drug-likeness (QED) is 0.475. The van der Waals surface area contributed by atoms with Crippen molar-refractivity contribution >= 4 is 5.91 Å². The molecule has 3 N–H and O–H groups in total. The minimum atomic E-state index is -0.259. The highest BCUT2D eigenvalue weighted by atomic mass is 16.2. The standard InChI is InChI=1S/C13H15N3O/c1-10-5-4-8-16(10)9-11-6-2-3-7-12(11)13(17)15-14/h2-8H,9,14H2,1H3,(H,15,17). The molecule has 1 heterocycles. The number of aryl methyl sites for hydroxylation is 1. The largest absolute Gasteiger partial charge is 0.347 e. The number of amides is 1. The van der Waals surface area contributed by atoms with Crippen molar-refractivity contribution in [3.05, 3.63) is 59.4 Å². The van der Waals surface area contributed by atoms with Gasteiger partial charge < -0.3 is 4.57 Å². The van der Waals surface area contributed by atoms with Crippen molar-refractivity contribution in [3.8, 4) is 0 Å². The molecule has 0 aliphatic heterocycles. The maximum absolute atomic E-state index is 11.6. The van der Waals surface area contributed by atoms with Crippen molar-refractivity contribution in [2.45, 2.75) is 13.5 Å². The van der Waals surface area contributed by atoms with Crippen molar-refractivity contribution < 1.29 is 4.79 Å². The summed E-state index contributed by atoms with van der Waals surface area (Å²) in [4.78, 5) is 11.6. The van der Waals surface area contributed by atoms with Crippen molar-refractivity contribution in [2.24, 2.45) is 5.84 Å². The molecular weight excluding hydrogens is 214 g/mol. The molecule has 4 heteroatoms. The van der Waals surface area contributed by atoms with E-state index in [9.17, 15) is 4.79 Å². The number of rotatable bonds is 3. The summed E-state index contributed by atoms with van der Waals surface area (Å²) in [5.74, 6) is 4.91. The highest BCUT2D eigenvalue weighted by Gasteiger charge is 2.09. The predicted octanol–water partition coefficient (Wildman–Crippen LogP) is 1.45. The Morgan fingerprint density at radius 1 is 1.29 bits per heavy atom. The number of benzene rings is 1. The molecule has 2 rings (SSSR count). The monoisotopic (exact) mass is 229 g/mol. The van der Waals surface area contributed by atoms with Crippen molar-refractivity contribution in [2.75, 3.05) is 0 Å². The molecule has 0 radical (unpaired) electrons. The van der Waals surface area contributed by atoms with Crippen LogP contribution in [0.15, 0.2) is 42.6 Å². The molecule has 0 unspecified atom stereocenters. The first-order valence-corrected chi connectivity index (χ1v) is 5.43. The average Bonchev–Trinajstić information content (AvgIpc) is 2.75. The molecule has 0 saturated heterocycles. The average molecular weight is 229 g/mol. The summed E-state index contributed by atoms with van der Waals surface area (Å²) in [5.41, 5.74) is 4.90. The van der Waals surface area contributed by atoms with Crippen LogP contribution in [0.1, 0.15) is 21.6 Å². The minimum absolute atomic E-state index is 0.259. The van der Waals surface area contributed by atoms with Crippen molar-refractivity contribution in [1.82, 2.24) is 9.99 Å². The van der Waals surface area contributed by atoms with Gasteiger partial charge in [-0.25, -0.2) is 5.84 Å². The van der Waals surface area contributed by atoms with E-state index in [-0.39, 0.29) is 5.91 Å². The number of nitrogens with one attached hydrogen (secondary N) is 1. The van der Waals surface area contributed by atoms with Gasteiger partial charge in [-0.2, -0.15) is 0 Å². The number of hydrazine groups is 1. The molecule has 0 saturated carbocycles. The number of nitrogen functional groups attached to an aromatic ring is 1. The van der Waals surface area contributed by atoms with E-state index in [0.717, 1.165) is 11.3 Å². The van der Waals surface area contributed by atoms with Gasteiger partial charge in [0.05, 0.1) is 0 Å². The van der Waals surface area contributed by atoms with E-state index in [0.29, 0.717) is 12.1 Å². The Balaban J connectivity index is 2.33. The Hall–Kier alpha value is -2.07. The van der Waals surface area contributed by atoms with Crippen LogP contribution in [-0.2, 0) is 6.54 Å². The summed E-state index contributed by atoms with van der Waals surface area (Å²) < 4.78 is 2.09. The number of carbonyl (C=O) groups excluding carboxylic acids is 1. The van der Waals surface area contributed by atoms with E-state index in [4.69, 9.17) is 5.84 Å². The lowest BCUT2D eigenvalue weighted by Crippen LogP contribution is -2.31. The molecular formula is C13H15N3O. The molecule has 88 valence electrons. The molecule has 0 fully saturated rings. The summed E-state index contributed by atoms with van der Waals surface area (Å²) in [6, 6.07) is 11.5. The summed E-state index contributed by atoms with van der Waals surface area (Å²) in [5, 5.41) is 0. The predicted molar refractivity (Wildman–Crippen MR) is 66.4 cm³/mol. The molecule has 17 heavy (non-hydrogen) atoms. The van der Waals surface area contributed by atoms with Crippen molar-refractivity contribution in [3.63, 3.8) is 0 Å². The Bertz CT molecular complexity index is 531. The normalized spacial score (nSPS) is 10.2. The van der Waals surface area contributed by atoms with Crippen LogP contribution in [0, 0.1) is 6.92 Å². The number of nitrogens with zero attached hydrogens (tertiary/aromatic N) is 1. The summed E-state index contributed by atoms with van der Waals surface area (Å²) in [7, 11) is 0. The maximum atomic E-state index is 11.6. The topological polar surface area (TPSA) is 60.0 Å². The minimum Gasteiger partial charge on any atom is -0.347 e. The second-order valence-electron chi connectivity index (χ2n) is 3.91. The zero-order valence-corrected chi connectivity index (χ0v) is 9.68. The van der Waals surface area contributed by atoms with Crippen LogP contribution in [0.25, 0.3) is 0 Å². The van der Waals surface area contributed by atoms with Gasteiger partial charge in [0.1, 0.15) is 0 Å². The van der Waals surface area contributed by atoms with E-state index >= 15 is 0 Å². The number of aromatic nitrogens is 1. The van der Waals surface area contributed by atoms with Crippen molar-refractivity contribution in [1.29, 1.82) is 0 Å². The van der Waals surface area contributed by atoms with Gasteiger partial charge in [-0.05, 0) is 30.7 Å². The first kappa shape index (κ1) is 11.4. The number of hydrogen-bond acceptors (Lipinski definition) is 2. The molecule has 0 bridgehead atoms.